The second-order valence-corrected chi connectivity index (χ2v) is 8.25. The lowest BCUT2D eigenvalue weighted by molar-refractivity contribution is -0.161. The third kappa shape index (κ3) is 3.97. The van der Waals surface area contributed by atoms with Gasteiger partial charge in [-0.1, -0.05) is 18.2 Å². The van der Waals surface area contributed by atoms with Gasteiger partial charge in [0, 0.05) is 0 Å². The average Bonchev–Trinajstić information content (AvgIpc) is 3.42. The molecule has 2 atom stereocenters. The number of fused-ring (bicyclic) bond motifs is 1. The average molecular weight is 398 g/mol. The van der Waals surface area contributed by atoms with Crippen molar-refractivity contribution in [1.82, 2.24) is 0 Å². The minimum absolute atomic E-state index is 0.258. The van der Waals surface area contributed by atoms with Crippen LogP contribution in [-0.4, -0.2) is 37.2 Å². The van der Waals surface area contributed by atoms with E-state index >= 15 is 0 Å². The van der Waals surface area contributed by atoms with E-state index in [1.54, 1.807) is 45.9 Å². The van der Waals surface area contributed by atoms with Gasteiger partial charge in [-0.3, -0.25) is 9.59 Å². The summed E-state index contributed by atoms with van der Waals surface area (Å²) in [6, 6.07) is 10.7. The maximum Gasteiger partial charge on any atom is 0.337 e. The molecule has 2 unspecified atom stereocenters. The fourth-order valence-electron chi connectivity index (χ4n) is 3.59. The zero-order valence-electron chi connectivity index (χ0n) is 17.4. The molecule has 154 valence electrons. The number of methoxy groups -OCH3 is 1. The quantitative estimate of drug-likeness (QED) is 0.563. The Hall–Kier alpha value is -2.89. The summed E-state index contributed by atoms with van der Waals surface area (Å²) in [5, 5.41) is 1.69. The Morgan fingerprint density at radius 1 is 1.07 bits per heavy atom. The monoisotopic (exact) mass is 398 g/mol. The summed E-state index contributed by atoms with van der Waals surface area (Å²) in [5.41, 5.74) is -0.555. The molecule has 1 fully saturated rings. The van der Waals surface area contributed by atoms with Crippen molar-refractivity contribution in [3.8, 4) is 0 Å². The molecule has 0 bridgehead atoms. The zero-order chi connectivity index (χ0) is 21.4. The fourth-order valence-corrected chi connectivity index (χ4v) is 3.59. The number of hydrogen-bond acceptors (Lipinski definition) is 6. The number of benzene rings is 2. The van der Waals surface area contributed by atoms with E-state index in [9.17, 15) is 14.4 Å². The molecule has 2 aromatic carbocycles. The second kappa shape index (κ2) is 7.50. The molecule has 0 saturated heterocycles. The first kappa shape index (κ1) is 20.8. The van der Waals surface area contributed by atoms with E-state index in [1.807, 2.05) is 18.2 Å². The minimum atomic E-state index is -1.05. The summed E-state index contributed by atoms with van der Waals surface area (Å²) in [4.78, 5) is 37.2. The first-order chi connectivity index (χ1) is 13.6. The van der Waals surface area contributed by atoms with Crippen LogP contribution in [0.1, 0.15) is 50.0 Å². The Balaban J connectivity index is 2.02. The molecular weight excluding hydrogens is 372 g/mol. The van der Waals surface area contributed by atoms with E-state index in [0.29, 0.717) is 17.5 Å². The first-order valence-corrected chi connectivity index (χ1v) is 9.65. The van der Waals surface area contributed by atoms with Crippen molar-refractivity contribution >= 4 is 28.7 Å². The number of esters is 3. The van der Waals surface area contributed by atoms with Crippen LogP contribution in [0.3, 0.4) is 0 Å². The van der Waals surface area contributed by atoms with Gasteiger partial charge in [0.05, 0.1) is 25.2 Å². The first-order valence-electron chi connectivity index (χ1n) is 9.65. The second-order valence-electron chi connectivity index (χ2n) is 8.25. The lowest BCUT2D eigenvalue weighted by Gasteiger charge is -2.25. The molecule has 3 rings (SSSR count). The zero-order valence-corrected chi connectivity index (χ0v) is 17.4. The Bertz CT molecular complexity index is 971. The molecule has 0 N–H and O–H groups in total. The predicted molar refractivity (Wildman–Crippen MR) is 108 cm³/mol. The van der Waals surface area contributed by atoms with Crippen molar-refractivity contribution in [2.75, 3.05) is 13.7 Å². The van der Waals surface area contributed by atoms with Crippen LogP contribution in [0.2, 0.25) is 0 Å². The van der Waals surface area contributed by atoms with Crippen LogP contribution in [0.25, 0.3) is 10.8 Å². The van der Waals surface area contributed by atoms with Gasteiger partial charge in [-0.05, 0) is 68.7 Å². The molecule has 0 aliphatic heterocycles. The molecule has 1 aliphatic carbocycles. The maximum atomic E-state index is 13.1. The lowest BCUT2D eigenvalue weighted by atomic mass is 9.90. The molecule has 0 amide bonds. The largest absolute Gasteiger partial charge is 0.466 e. The Morgan fingerprint density at radius 3 is 2.34 bits per heavy atom. The molecule has 1 saturated carbocycles. The van der Waals surface area contributed by atoms with Crippen LogP contribution in [0.5, 0.6) is 0 Å². The molecule has 1 aliphatic rings. The van der Waals surface area contributed by atoms with E-state index in [0.717, 1.165) is 10.8 Å². The molecule has 0 aromatic heterocycles. The summed E-state index contributed by atoms with van der Waals surface area (Å²) in [6.07, 6.45) is 0.354. The standard InChI is InChI=1S/C23H26O6/c1-6-28-20(25)18-13-23(18,21(26)29-22(2,3)4)17-10-9-14-11-16(19(24)27-5)8-7-15(14)12-17/h7-12,18H,6,13H2,1-5H3. The van der Waals surface area contributed by atoms with Gasteiger partial charge in [0.15, 0.2) is 0 Å². The predicted octanol–water partition coefficient (Wildman–Crippen LogP) is 3.79. The number of rotatable bonds is 5. The van der Waals surface area contributed by atoms with Gasteiger partial charge in [0.2, 0.25) is 0 Å². The van der Waals surface area contributed by atoms with Crippen LogP contribution < -0.4 is 0 Å². The van der Waals surface area contributed by atoms with Crippen LogP contribution in [0, 0.1) is 5.92 Å². The van der Waals surface area contributed by atoms with E-state index in [2.05, 4.69) is 0 Å². The molecule has 6 nitrogen and oxygen atoms in total. The highest BCUT2D eigenvalue weighted by atomic mass is 16.6. The molecule has 0 heterocycles. The third-order valence-corrected chi connectivity index (χ3v) is 5.07. The fraction of sp³-hybridized carbons (Fsp3) is 0.435. The van der Waals surface area contributed by atoms with E-state index in [4.69, 9.17) is 14.2 Å². The van der Waals surface area contributed by atoms with Gasteiger partial charge in [0.1, 0.15) is 11.0 Å². The Morgan fingerprint density at radius 2 is 1.72 bits per heavy atom. The van der Waals surface area contributed by atoms with E-state index in [-0.39, 0.29) is 12.6 Å². The summed E-state index contributed by atoms with van der Waals surface area (Å²) < 4.78 is 15.6. The van der Waals surface area contributed by atoms with Crippen molar-refractivity contribution in [3.05, 3.63) is 47.5 Å². The molecule has 0 spiro atoms. The number of hydrogen-bond donors (Lipinski definition) is 0. The van der Waals surface area contributed by atoms with Crippen LogP contribution in [-0.2, 0) is 29.2 Å². The van der Waals surface area contributed by atoms with Gasteiger partial charge < -0.3 is 14.2 Å². The third-order valence-electron chi connectivity index (χ3n) is 5.07. The summed E-state index contributed by atoms with van der Waals surface area (Å²) in [6.45, 7) is 7.40. The molecule has 0 radical (unpaired) electrons. The van der Waals surface area contributed by atoms with Gasteiger partial charge in [0.25, 0.3) is 0 Å². The van der Waals surface area contributed by atoms with Gasteiger partial charge in [-0.15, -0.1) is 0 Å². The summed E-state index contributed by atoms with van der Waals surface area (Å²) in [7, 11) is 1.34. The van der Waals surface area contributed by atoms with Gasteiger partial charge in [-0.25, -0.2) is 4.79 Å². The van der Waals surface area contributed by atoms with Crippen LogP contribution in [0.15, 0.2) is 36.4 Å². The lowest BCUT2D eigenvalue weighted by Crippen LogP contribution is -2.34. The molecular formula is C23H26O6. The highest BCUT2D eigenvalue weighted by Crippen LogP contribution is 2.56. The van der Waals surface area contributed by atoms with Crippen molar-refractivity contribution in [3.63, 3.8) is 0 Å². The minimum Gasteiger partial charge on any atom is -0.466 e. The number of carbonyl (C=O) groups is 3. The molecule has 2 aromatic rings. The SMILES string of the molecule is CCOC(=O)C1CC1(C(=O)OC(C)(C)C)c1ccc2cc(C(=O)OC)ccc2c1. The van der Waals surface area contributed by atoms with Crippen LogP contribution in [0.4, 0.5) is 0 Å². The summed E-state index contributed by atoms with van der Waals surface area (Å²) in [5.74, 6) is -1.79. The Kier molecular flexibility index (Phi) is 5.39. The van der Waals surface area contributed by atoms with Crippen molar-refractivity contribution in [2.45, 2.75) is 45.1 Å². The van der Waals surface area contributed by atoms with Gasteiger partial charge in [-0.2, -0.15) is 0 Å². The normalized spacial score (nSPS) is 20.8. The summed E-state index contributed by atoms with van der Waals surface area (Å²) >= 11 is 0. The smallest absolute Gasteiger partial charge is 0.337 e. The van der Waals surface area contributed by atoms with E-state index < -0.39 is 28.9 Å². The van der Waals surface area contributed by atoms with Gasteiger partial charge >= 0.3 is 17.9 Å². The number of carbonyl (C=O) groups excluding carboxylic acids is 3. The maximum absolute atomic E-state index is 13.1. The highest BCUT2D eigenvalue weighted by Gasteiger charge is 2.67. The molecule has 6 heteroatoms. The highest BCUT2D eigenvalue weighted by molar-refractivity contribution is 5.99. The number of ether oxygens (including phenoxy) is 3. The van der Waals surface area contributed by atoms with Crippen molar-refractivity contribution in [2.24, 2.45) is 5.92 Å². The van der Waals surface area contributed by atoms with Crippen molar-refractivity contribution < 1.29 is 28.6 Å². The van der Waals surface area contributed by atoms with Crippen LogP contribution >= 0.6 is 0 Å². The Labute approximate surface area is 170 Å². The van der Waals surface area contributed by atoms with Crippen molar-refractivity contribution in [1.29, 1.82) is 0 Å². The molecule has 29 heavy (non-hydrogen) atoms. The van der Waals surface area contributed by atoms with E-state index in [1.165, 1.54) is 7.11 Å². The topological polar surface area (TPSA) is 78.9 Å².